The first kappa shape index (κ1) is 33.7. The number of likely N-dealkylation sites (tertiary alicyclic amines) is 1. The Morgan fingerprint density at radius 1 is 1.09 bits per heavy atom. The molecular formula is C32H40F3N6OU. The molecule has 2 aromatic heterocycles. The first-order valence-electron chi connectivity index (χ1n) is 14.7. The van der Waals surface area contributed by atoms with Crippen molar-refractivity contribution in [3.63, 3.8) is 0 Å². The maximum absolute atomic E-state index is 14.5. The minimum Gasteiger partial charge on any atom is -0.358 e. The molecule has 0 bridgehead atoms. The molecule has 1 radical (unpaired) electrons. The Morgan fingerprint density at radius 3 is 2.47 bits per heavy atom. The SMILES string of the molecule is CCC(c1cc(C(F)(F)F)c2cn(-c3cccc([C@H]([C]4N=NC=[N+]4C)C4CCC4)c3)c(=O)n2c1)N1CCC[C@H](C)C1.[CH3-].[U]. The van der Waals surface area contributed by atoms with E-state index < -0.39 is 17.4 Å². The molecule has 1 saturated carbocycles. The van der Waals surface area contributed by atoms with Crippen molar-refractivity contribution >= 4 is 11.9 Å². The number of pyridine rings is 1. The number of benzene rings is 1. The number of alkyl halides is 3. The van der Waals surface area contributed by atoms with Gasteiger partial charge in [0.05, 0.1) is 34.8 Å². The van der Waals surface area contributed by atoms with E-state index in [0.717, 1.165) is 56.9 Å². The van der Waals surface area contributed by atoms with E-state index in [4.69, 9.17) is 0 Å². The van der Waals surface area contributed by atoms with Gasteiger partial charge in [0, 0.05) is 56.1 Å². The first-order chi connectivity index (χ1) is 19.7. The summed E-state index contributed by atoms with van der Waals surface area (Å²) < 4.78 is 47.8. The fourth-order valence-electron chi connectivity index (χ4n) is 6.86. The Labute approximate surface area is 275 Å². The molecule has 7 nitrogen and oxygen atoms in total. The molecule has 6 rings (SSSR count). The maximum Gasteiger partial charge on any atom is 0.418 e. The number of rotatable bonds is 7. The van der Waals surface area contributed by atoms with Crippen molar-refractivity contribution in [3.8, 4) is 5.69 Å². The van der Waals surface area contributed by atoms with Gasteiger partial charge in [0.1, 0.15) is 0 Å². The monoisotopic (exact) mass is 819 g/mol. The van der Waals surface area contributed by atoms with Crippen LogP contribution in [-0.4, -0.2) is 44.9 Å². The molecule has 0 amide bonds. The summed E-state index contributed by atoms with van der Waals surface area (Å²) in [5.41, 5.74) is 0.619. The zero-order valence-corrected chi connectivity index (χ0v) is 29.5. The van der Waals surface area contributed by atoms with E-state index in [1.54, 1.807) is 18.6 Å². The number of piperidine rings is 1. The Balaban J connectivity index is 0.00000212. The molecule has 1 aliphatic carbocycles. The van der Waals surface area contributed by atoms with E-state index in [1.165, 1.54) is 21.2 Å². The fraction of sp³-hybridized carbons (Fsp3) is 0.500. The van der Waals surface area contributed by atoms with Crippen LogP contribution in [-0.2, 0) is 6.18 Å². The van der Waals surface area contributed by atoms with Crippen molar-refractivity contribution in [2.24, 2.45) is 22.1 Å². The minimum atomic E-state index is -4.60. The minimum absolute atomic E-state index is 0. The third-order valence-electron chi connectivity index (χ3n) is 9.15. The van der Waals surface area contributed by atoms with Gasteiger partial charge < -0.3 is 7.43 Å². The van der Waals surface area contributed by atoms with Gasteiger partial charge in [-0.15, -0.1) is 0 Å². The molecule has 2 fully saturated rings. The normalized spacial score (nSPS) is 21.2. The molecule has 4 heterocycles. The summed E-state index contributed by atoms with van der Waals surface area (Å²) in [6.45, 7) is 5.87. The molecule has 11 heteroatoms. The standard InChI is InChI=1S/C31H37F3N6O.CH3.U/c1-4-26(38-13-7-8-20(2)16-38)23-15-25(31(32,33)34)27-18-39(30(41)40(27)17-23)24-12-6-11-22(14-24)28(21-9-5-10-21)29-36-35-19-37(29)3;;/h6,11-12,14-15,17-21,26,28H,4-5,7-10,13,16H2,1-3H3;1H3;/q+1;-1;/t20-,26?,28+;;/m0../s1. The summed E-state index contributed by atoms with van der Waals surface area (Å²) in [5.74, 6) is 0.893. The molecule has 229 valence electrons. The predicted octanol–water partition coefficient (Wildman–Crippen LogP) is 7.25. The van der Waals surface area contributed by atoms with E-state index in [-0.39, 0.29) is 56.0 Å². The van der Waals surface area contributed by atoms with Gasteiger partial charge in [-0.3, -0.25) is 13.9 Å². The van der Waals surface area contributed by atoms with Gasteiger partial charge in [-0.1, -0.05) is 32.4 Å². The van der Waals surface area contributed by atoms with Crippen molar-refractivity contribution in [2.75, 3.05) is 20.1 Å². The molecule has 1 unspecified atom stereocenters. The van der Waals surface area contributed by atoms with E-state index in [2.05, 4.69) is 22.1 Å². The number of fused-ring (bicyclic) bond motifs is 1. The van der Waals surface area contributed by atoms with Gasteiger partial charge in [-0.25, -0.2) is 9.37 Å². The summed E-state index contributed by atoms with van der Waals surface area (Å²) in [7, 11) is 1.92. The molecule has 2 aliphatic heterocycles. The Hall–Kier alpha value is -2.22. The molecule has 0 N–H and O–H groups in total. The van der Waals surface area contributed by atoms with Gasteiger partial charge in [-0.05, 0) is 84.9 Å². The number of hydrogen-bond donors (Lipinski definition) is 0. The molecule has 1 saturated heterocycles. The third-order valence-corrected chi connectivity index (χ3v) is 9.15. The molecule has 3 aliphatic rings. The summed E-state index contributed by atoms with van der Waals surface area (Å²) in [6, 6.07) is 8.63. The topological polar surface area (TPSA) is 57.4 Å². The van der Waals surface area contributed by atoms with Gasteiger partial charge in [0.15, 0.2) is 0 Å². The quantitative estimate of drug-likeness (QED) is 0.187. The van der Waals surface area contributed by atoms with Gasteiger partial charge in [0.25, 0.3) is 0 Å². The second kappa shape index (κ2) is 13.4. The van der Waals surface area contributed by atoms with Gasteiger partial charge in [0.2, 0.25) is 0 Å². The fourth-order valence-corrected chi connectivity index (χ4v) is 6.86. The number of hydrogen-bond acceptors (Lipinski definition) is 4. The van der Waals surface area contributed by atoms with E-state index in [1.807, 2.05) is 36.7 Å². The van der Waals surface area contributed by atoms with Crippen LogP contribution in [0.25, 0.3) is 11.2 Å². The van der Waals surface area contributed by atoms with Crippen molar-refractivity contribution in [1.29, 1.82) is 0 Å². The van der Waals surface area contributed by atoms with Gasteiger partial charge in [-0.2, -0.15) is 13.2 Å². The molecule has 0 spiro atoms. The predicted molar refractivity (Wildman–Crippen MR) is 158 cm³/mol. The average molecular weight is 820 g/mol. The van der Waals surface area contributed by atoms with Crippen LogP contribution < -0.4 is 5.69 Å². The molecular weight excluding hydrogens is 779 g/mol. The summed E-state index contributed by atoms with van der Waals surface area (Å²) in [5, 5.41) is 8.45. The zero-order chi connectivity index (χ0) is 28.9. The Bertz CT molecular complexity index is 1560. The second-order valence-electron chi connectivity index (χ2n) is 12.0. The molecule has 3 aromatic rings. The average Bonchev–Trinajstić information content (AvgIpc) is 3.48. The maximum atomic E-state index is 14.5. The summed E-state index contributed by atoms with van der Waals surface area (Å²) in [6.07, 6.45) is 7.00. The van der Waals surface area contributed by atoms with E-state index >= 15 is 0 Å². The van der Waals surface area contributed by atoms with E-state index in [0.29, 0.717) is 29.5 Å². The van der Waals surface area contributed by atoms with E-state index in [9.17, 15) is 18.0 Å². The van der Waals surface area contributed by atoms with Crippen LogP contribution in [0.2, 0.25) is 0 Å². The van der Waals surface area contributed by atoms with Crippen LogP contribution in [0, 0.1) is 56.5 Å². The van der Waals surface area contributed by atoms with Crippen LogP contribution in [0.15, 0.2) is 57.7 Å². The number of halogens is 3. The second-order valence-corrected chi connectivity index (χ2v) is 12.0. The number of azo groups is 1. The molecule has 3 atom stereocenters. The summed E-state index contributed by atoms with van der Waals surface area (Å²) >= 11 is 0. The Kier molecular flexibility index (Phi) is 10.5. The number of imidazole rings is 1. The van der Waals surface area contributed by atoms with Crippen LogP contribution in [0.3, 0.4) is 0 Å². The van der Waals surface area contributed by atoms with Crippen LogP contribution >= 0.6 is 0 Å². The summed E-state index contributed by atoms with van der Waals surface area (Å²) in [4.78, 5) is 16.1. The van der Waals surface area contributed by atoms with Crippen LogP contribution in [0.5, 0.6) is 0 Å². The smallest absolute Gasteiger partial charge is 0.358 e. The first-order valence-corrected chi connectivity index (χ1v) is 14.7. The van der Waals surface area contributed by atoms with Gasteiger partial charge >= 0.3 is 24.4 Å². The zero-order valence-electron chi connectivity index (χ0n) is 25.3. The van der Waals surface area contributed by atoms with Crippen molar-refractivity contribution < 1.29 is 48.9 Å². The number of aromatic nitrogens is 2. The van der Waals surface area contributed by atoms with Crippen molar-refractivity contribution in [3.05, 3.63) is 83.5 Å². The molecule has 1 aromatic carbocycles. The Morgan fingerprint density at radius 2 is 1.86 bits per heavy atom. The number of nitrogens with zero attached hydrogens (tertiary/aromatic N) is 6. The largest absolute Gasteiger partial charge is 0.418 e. The third kappa shape index (κ3) is 6.46. The van der Waals surface area contributed by atoms with Crippen molar-refractivity contribution in [1.82, 2.24) is 13.9 Å². The van der Waals surface area contributed by atoms with Crippen LogP contribution in [0.1, 0.15) is 81.0 Å². The molecule has 43 heavy (non-hydrogen) atoms. The van der Waals surface area contributed by atoms with Crippen LogP contribution in [0.4, 0.5) is 13.2 Å². The van der Waals surface area contributed by atoms with Crippen molar-refractivity contribution in [2.45, 2.75) is 70.5 Å². The number of likely N-dealkylation sites (N-methyl/N-ethyl adjacent to an activating group) is 1.